The minimum atomic E-state index is 0.236. The molecule has 18 heavy (non-hydrogen) atoms. The maximum Gasteiger partial charge on any atom is 0.0317 e. The number of hydrogen-bond acceptors (Lipinski definition) is 2. The molecule has 0 spiro atoms. The van der Waals surface area contributed by atoms with Crippen molar-refractivity contribution in [2.24, 2.45) is 0 Å². The highest BCUT2D eigenvalue weighted by Gasteiger charge is 2.14. The van der Waals surface area contributed by atoms with Crippen molar-refractivity contribution in [2.45, 2.75) is 45.1 Å². The molecule has 1 aromatic rings. The van der Waals surface area contributed by atoms with Crippen molar-refractivity contribution in [2.75, 3.05) is 20.6 Å². The number of benzene rings is 1. The zero-order chi connectivity index (χ0) is 13.6. The summed E-state index contributed by atoms with van der Waals surface area (Å²) < 4.78 is 0. The van der Waals surface area contributed by atoms with Gasteiger partial charge in [-0.1, -0.05) is 45.0 Å². The summed E-state index contributed by atoms with van der Waals surface area (Å²) in [7, 11) is 4.05. The lowest BCUT2D eigenvalue weighted by Gasteiger charge is -2.21. The average molecular weight is 248 g/mol. The smallest absolute Gasteiger partial charge is 0.0317 e. The lowest BCUT2D eigenvalue weighted by atomic mass is 9.86. The molecule has 0 fully saturated rings. The molecule has 0 saturated carbocycles. The zero-order valence-electron chi connectivity index (χ0n) is 12.5. The van der Waals surface area contributed by atoms with Crippen LogP contribution in [0.1, 0.15) is 50.8 Å². The highest BCUT2D eigenvalue weighted by molar-refractivity contribution is 5.29. The quantitative estimate of drug-likeness (QED) is 0.755. The Kier molecular flexibility index (Phi) is 5.83. The first-order valence-corrected chi connectivity index (χ1v) is 6.91. The van der Waals surface area contributed by atoms with Gasteiger partial charge in [-0.15, -0.1) is 0 Å². The SMILES string of the molecule is CNCCCC(NC)c1ccc(C(C)(C)C)cc1. The highest BCUT2D eigenvalue weighted by Crippen LogP contribution is 2.25. The fraction of sp³-hybridized carbons (Fsp3) is 0.625. The van der Waals surface area contributed by atoms with E-state index in [4.69, 9.17) is 0 Å². The van der Waals surface area contributed by atoms with Crippen LogP contribution in [0.5, 0.6) is 0 Å². The van der Waals surface area contributed by atoms with Crippen LogP contribution in [-0.2, 0) is 5.41 Å². The molecule has 0 heterocycles. The summed E-state index contributed by atoms with van der Waals surface area (Å²) in [6.07, 6.45) is 2.37. The van der Waals surface area contributed by atoms with Gasteiger partial charge in [0.15, 0.2) is 0 Å². The Hall–Kier alpha value is -0.860. The Morgan fingerprint density at radius 3 is 2.11 bits per heavy atom. The van der Waals surface area contributed by atoms with E-state index in [0.29, 0.717) is 6.04 Å². The molecule has 0 aliphatic carbocycles. The van der Waals surface area contributed by atoms with Crippen LogP contribution in [0.25, 0.3) is 0 Å². The highest BCUT2D eigenvalue weighted by atomic mass is 14.9. The minimum absolute atomic E-state index is 0.236. The molecule has 0 aliphatic heterocycles. The van der Waals surface area contributed by atoms with Gasteiger partial charge in [-0.3, -0.25) is 0 Å². The predicted octanol–water partition coefficient (Wildman–Crippen LogP) is 3.24. The van der Waals surface area contributed by atoms with E-state index in [-0.39, 0.29) is 5.41 Å². The van der Waals surface area contributed by atoms with Crippen molar-refractivity contribution < 1.29 is 0 Å². The Balaban J connectivity index is 2.69. The van der Waals surface area contributed by atoms with Crippen molar-refractivity contribution in [3.63, 3.8) is 0 Å². The summed E-state index contributed by atoms with van der Waals surface area (Å²) in [5.41, 5.74) is 3.03. The van der Waals surface area contributed by atoms with Crippen molar-refractivity contribution in [3.8, 4) is 0 Å². The summed E-state index contributed by atoms with van der Waals surface area (Å²) in [5, 5.41) is 6.61. The molecule has 1 rings (SSSR count). The van der Waals surface area contributed by atoms with E-state index in [9.17, 15) is 0 Å². The third kappa shape index (κ3) is 4.43. The van der Waals surface area contributed by atoms with Gasteiger partial charge in [-0.2, -0.15) is 0 Å². The van der Waals surface area contributed by atoms with Crippen LogP contribution in [-0.4, -0.2) is 20.6 Å². The summed E-state index contributed by atoms with van der Waals surface area (Å²) >= 11 is 0. The number of rotatable bonds is 6. The molecular weight excluding hydrogens is 220 g/mol. The third-order valence-corrected chi connectivity index (χ3v) is 3.45. The lowest BCUT2D eigenvalue weighted by molar-refractivity contribution is 0.517. The molecule has 1 aromatic carbocycles. The van der Waals surface area contributed by atoms with Gasteiger partial charge in [0.1, 0.15) is 0 Å². The van der Waals surface area contributed by atoms with E-state index in [1.807, 2.05) is 14.1 Å². The van der Waals surface area contributed by atoms with E-state index in [1.165, 1.54) is 24.0 Å². The molecular formula is C16H28N2. The second-order valence-electron chi connectivity index (χ2n) is 5.96. The molecule has 0 saturated heterocycles. The van der Waals surface area contributed by atoms with Crippen molar-refractivity contribution >= 4 is 0 Å². The van der Waals surface area contributed by atoms with Crippen LogP contribution in [0.3, 0.4) is 0 Å². The maximum atomic E-state index is 3.41. The molecule has 2 nitrogen and oxygen atoms in total. The van der Waals surface area contributed by atoms with E-state index in [2.05, 4.69) is 55.7 Å². The number of nitrogens with one attached hydrogen (secondary N) is 2. The van der Waals surface area contributed by atoms with Crippen LogP contribution in [0.4, 0.5) is 0 Å². The van der Waals surface area contributed by atoms with Gasteiger partial charge in [0.05, 0.1) is 0 Å². The van der Waals surface area contributed by atoms with Crippen LogP contribution in [0.2, 0.25) is 0 Å². The minimum Gasteiger partial charge on any atom is -0.320 e. The predicted molar refractivity (Wildman–Crippen MR) is 80.1 cm³/mol. The van der Waals surface area contributed by atoms with Crippen LogP contribution < -0.4 is 10.6 Å². The first kappa shape index (κ1) is 15.2. The third-order valence-electron chi connectivity index (χ3n) is 3.45. The monoisotopic (exact) mass is 248 g/mol. The van der Waals surface area contributed by atoms with Crippen LogP contribution in [0, 0.1) is 0 Å². The maximum absolute atomic E-state index is 3.41. The molecule has 0 aliphatic rings. The fourth-order valence-corrected chi connectivity index (χ4v) is 2.18. The van der Waals surface area contributed by atoms with E-state index in [1.54, 1.807) is 0 Å². The molecule has 0 radical (unpaired) electrons. The molecule has 1 atom stereocenters. The molecule has 2 heteroatoms. The van der Waals surface area contributed by atoms with Crippen molar-refractivity contribution in [3.05, 3.63) is 35.4 Å². The Morgan fingerprint density at radius 2 is 1.67 bits per heavy atom. The first-order valence-electron chi connectivity index (χ1n) is 6.91. The van der Waals surface area contributed by atoms with Crippen LogP contribution in [0.15, 0.2) is 24.3 Å². The summed E-state index contributed by atoms with van der Waals surface area (Å²) in [5.74, 6) is 0. The van der Waals surface area contributed by atoms with Crippen LogP contribution >= 0.6 is 0 Å². The topological polar surface area (TPSA) is 24.1 Å². The molecule has 2 N–H and O–H groups in total. The molecule has 102 valence electrons. The first-order chi connectivity index (χ1) is 8.49. The Labute approximate surface area is 112 Å². The van der Waals surface area contributed by atoms with Gasteiger partial charge in [-0.05, 0) is 50.0 Å². The van der Waals surface area contributed by atoms with E-state index < -0.39 is 0 Å². The average Bonchev–Trinajstić information content (AvgIpc) is 2.34. The molecule has 0 bridgehead atoms. The second kappa shape index (κ2) is 6.91. The van der Waals surface area contributed by atoms with Crippen molar-refractivity contribution in [1.29, 1.82) is 0 Å². The summed E-state index contributed by atoms with van der Waals surface area (Å²) in [6.45, 7) is 7.84. The van der Waals surface area contributed by atoms with Gasteiger partial charge in [0, 0.05) is 6.04 Å². The van der Waals surface area contributed by atoms with Gasteiger partial charge in [-0.25, -0.2) is 0 Å². The van der Waals surface area contributed by atoms with E-state index >= 15 is 0 Å². The molecule has 1 unspecified atom stereocenters. The molecule has 0 aromatic heterocycles. The van der Waals surface area contributed by atoms with Gasteiger partial charge >= 0.3 is 0 Å². The summed E-state index contributed by atoms with van der Waals surface area (Å²) in [6, 6.07) is 9.52. The summed E-state index contributed by atoms with van der Waals surface area (Å²) in [4.78, 5) is 0. The van der Waals surface area contributed by atoms with Gasteiger partial charge in [0.2, 0.25) is 0 Å². The lowest BCUT2D eigenvalue weighted by Crippen LogP contribution is -2.19. The second-order valence-corrected chi connectivity index (χ2v) is 5.96. The van der Waals surface area contributed by atoms with Crippen molar-refractivity contribution in [1.82, 2.24) is 10.6 Å². The van der Waals surface area contributed by atoms with E-state index in [0.717, 1.165) is 6.54 Å². The fourth-order valence-electron chi connectivity index (χ4n) is 2.18. The normalized spacial score (nSPS) is 13.6. The van der Waals surface area contributed by atoms with Gasteiger partial charge < -0.3 is 10.6 Å². The largest absolute Gasteiger partial charge is 0.320 e. The Morgan fingerprint density at radius 1 is 1.06 bits per heavy atom. The number of hydrogen-bond donors (Lipinski definition) is 2. The molecule has 0 amide bonds. The standard InChI is InChI=1S/C16H28N2/c1-16(2,3)14-10-8-13(9-11-14)15(18-5)7-6-12-17-4/h8-11,15,17-18H,6-7,12H2,1-5H3. The van der Waals surface area contributed by atoms with Gasteiger partial charge in [0.25, 0.3) is 0 Å². The zero-order valence-corrected chi connectivity index (χ0v) is 12.5. The Bertz CT molecular complexity index is 335.